The van der Waals surface area contributed by atoms with E-state index in [2.05, 4.69) is 25.4 Å². The number of hydrogen-bond acceptors (Lipinski definition) is 13. The maximum Gasteiger partial charge on any atom is 0.459 e. The van der Waals surface area contributed by atoms with E-state index in [0.717, 1.165) is 5.39 Å². The monoisotopic (exact) mass is 671 g/mol. The third-order valence-corrected chi connectivity index (χ3v) is 9.32. The largest absolute Gasteiger partial charge is 0.464 e. The highest BCUT2D eigenvalue weighted by Crippen LogP contribution is 2.49. The van der Waals surface area contributed by atoms with Crippen LogP contribution in [0.1, 0.15) is 46.7 Å². The Kier molecular flexibility index (Phi) is 9.52. The van der Waals surface area contributed by atoms with Gasteiger partial charge in [-0.3, -0.25) is 13.9 Å². The van der Waals surface area contributed by atoms with E-state index < -0.39 is 50.4 Å². The fourth-order valence-corrected chi connectivity index (χ4v) is 6.80. The summed E-state index contributed by atoms with van der Waals surface area (Å²) >= 11 is 0. The van der Waals surface area contributed by atoms with Crippen LogP contribution in [0.5, 0.6) is 5.75 Å². The highest BCUT2D eigenvalue weighted by atomic mass is 31.2. The Hall–Kier alpha value is -3.85. The van der Waals surface area contributed by atoms with Gasteiger partial charge in [0.25, 0.3) is 0 Å². The van der Waals surface area contributed by atoms with Crippen molar-refractivity contribution >= 4 is 47.4 Å². The van der Waals surface area contributed by atoms with Crippen molar-refractivity contribution in [2.24, 2.45) is 5.41 Å². The van der Waals surface area contributed by atoms with Crippen molar-refractivity contribution in [2.45, 2.75) is 71.6 Å². The van der Waals surface area contributed by atoms with Gasteiger partial charge in [-0.2, -0.15) is 15.1 Å². The number of carbonyl (C=O) groups excluding carboxylic acids is 1. The minimum atomic E-state index is -4.37. The van der Waals surface area contributed by atoms with Crippen LogP contribution < -0.4 is 20.7 Å². The number of nitrogens with one attached hydrogen (secondary N) is 2. The normalized spacial score (nSPS) is 23.5. The van der Waals surface area contributed by atoms with Crippen molar-refractivity contribution in [3.8, 4) is 5.75 Å². The van der Waals surface area contributed by atoms with Crippen LogP contribution in [0.15, 0.2) is 42.5 Å². The number of nitrogen functional groups attached to an aromatic ring is 1. The predicted octanol–water partition coefficient (Wildman–Crippen LogP) is 3.69. The minimum absolute atomic E-state index is 0.0335. The van der Waals surface area contributed by atoms with E-state index in [4.69, 9.17) is 24.3 Å². The summed E-state index contributed by atoms with van der Waals surface area (Å²) in [5.41, 5.74) is 4.42. The van der Waals surface area contributed by atoms with Gasteiger partial charge in [-0.25, -0.2) is 9.55 Å². The van der Waals surface area contributed by atoms with Crippen LogP contribution in [0.3, 0.4) is 0 Å². The summed E-state index contributed by atoms with van der Waals surface area (Å²) in [5.74, 6) is 0.332. The molecule has 0 spiro atoms. The first-order valence-corrected chi connectivity index (χ1v) is 16.7. The zero-order valence-electron chi connectivity index (χ0n) is 27.4. The number of aryl methyl sites for hydroxylation is 1. The Morgan fingerprint density at radius 1 is 1.19 bits per heavy atom. The van der Waals surface area contributed by atoms with Gasteiger partial charge in [0.1, 0.15) is 35.4 Å². The number of carbonyl (C=O) groups is 1. The molecular formula is C31H42N7O8P. The summed E-state index contributed by atoms with van der Waals surface area (Å²) in [6.07, 6.45) is -3.93. The summed E-state index contributed by atoms with van der Waals surface area (Å²) in [7, 11) is -2.72. The Labute approximate surface area is 272 Å². The maximum atomic E-state index is 14.4. The molecule has 6 atom stereocenters. The Balaban J connectivity index is 1.42. The second kappa shape index (κ2) is 13.0. The van der Waals surface area contributed by atoms with E-state index >= 15 is 0 Å². The molecule has 3 heterocycles. The van der Waals surface area contributed by atoms with E-state index in [9.17, 15) is 19.6 Å². The molecular weight excluding hydrogens is 629 g/mol. The third kappa shape index (κ3) is 7.20. The van der Waals surface area contributed by atoms with Crippen molar-refractivity contribution in [2.75, 3.05) is 31.3 Å². The van der Waals surface area contributed by atoms with Gasteiger partial charge in [0, 0.05) is 12.4 Å². The molecule has 2 aromatic heterocycles. The molecule has 6 N–H and O–H groups in total. The van der Waals surface area contributed by atoms with E-state index in [1.54, 1.807) is 32.2 Å². The average molecular weight is 672 g/mol. The molecule has 5 rings (SSSR count). The number of aromatic nitrogens is 4. The van der Waals surface area contributed by atoms with Crippen LogP contribution in [-0.4, -0.2) is 79.8 Å². The summed E-state index contributed by atoms with van der Waals surface area (Å²) in [4.78, 5) is 25.8. The van der Waals surface area contributed by atoms with Gasteiger partial charge in [-0.15, -0.1) is 0 Å². The van der Waals surface area contributed by atoms with Gasteiger partial charge in [0.15, 0.2) is 23.2 Å². The molecule has 15 nitrogen and oxygen atoms in total. The lowest BCUT2D eigenvalue weighted by molar-refractivity contribution is -0.148. The second-order valence-corrected chi connectivity index (χ2v) is 14.7. The second-order valence-electron chi connectivity index (χ2n) is 13.0. The van der Waals surface area contributed by atoms with Gasteiger partial charge in [0.05, 0.1) is 13.2 Å². The number of aliphatic hydroxyl groups excluding tert-OH is 1. The number of esters is 1. The van der Waals surface area contributed by atoms with Gasteiger partial charge in [-0.1, -0.05) is 57.2 Å². The first-order valence-electron chi connectivity index (χ1n) is 15.1. The standard InChI is InChI=1S/C31H42N7O8P/c1-17(27(40)43-16-30(3,4)5)37-47(42,46-21-14-10-12-19-11-8-9-13-20(19)21)44-15-22-24(39)31(6,41)28(45-22)38-18(2)34-23-25(33-7)35-29(32)36-26(23)38/h8-14,17,22,24,28,39,41H,15-16H2,1-7H3,(H,37,42)(H3,32,33,35,36). The van der Waals surface area contributed by atoms with Crippen molar-refractivity contribution in [3.05, 3.63) is 48.3 Å². The topological polar surface area (TPSA) is 205 Å². The number of imidazole rings is 1. The third-order valence-electron chi connectivity index (χ3n) is 7.69. The molecule has 6 unspecified atom stereocenters. The summed E-state index contributed by atoms with van der Waals surface area (Å²) in [6, 6.07) is 11.5. The number of anilines is 2. The van der Waals surface area contributed by atoms with Crippen LogP contribution in [0.4, 0.5) is 11.8 Å². The summed E-state index contributed by atoms with van der Waals surface area (Å²) < 4.78 is 39.4. The number of rotatable bonds is 11. The number of hydrogen-bond donors (Lipinski definition) is 5. The van der Waals surface area contributed by atoms with Crippen LogP contribution in [-0.2, 0) is 23.4 Å². The lowest BCUT2D eigenvalue weighted by Gasteiger charge is -2.28. The first-order chi connectivity index (χ1) is 22.0. The molecule has 254 valence electrons. The number of fused-ring (bicyclic) bond motifs is 2. The lowest BCUT2D eigenvalue weighted by atomic mass is 9.96. The molecule has 1 aliphatic rings. The fourth-order valence-electron chi connectivity index (χ4n) is 5.28. The number of nitrogens with zero attached hydrogens (tertiary/aromatic N) is 4. The molecule has 2 aromatic carbocycles. The van der Waals surface area contributed by atoms with E-state index in [-0.39, 0.29) is 29.4 Å². The molecule has 0 amide bonds. The highest BCUT2D eigenvalue weighted by molar-refractivity contribution is 7.52. The molecule has 1 fully saturated rings. The van der Waals surface area contributed by atoms with Gasteiger partial charge in [-0.05, 0) is 37.6 Å². The van der Waals surface area contributed by atoms with Crippen molar-refractivity contribution in [3.63, 3.8) is 0 Å². The Bertz CT molecular complexity index is 1820. The van der Waals surface area contributed by atoms with Crippen molar-refractivity contribution < 1.29 is 38.1 Å². The molecule has 4 aromatic rings. The molecule has 0 saturated carbocycles. The zero-order valence-corrected chi connectivity index (χ0v) is 28.3. The zero-order chi connectivity index (χ0) is 34.3. The number of nitrogens with two attached hydrogens (primary N) is 1. The van der Waals surface area contributed by atoms with Gasteiger partial charge >= 0.3 is 13.7 Å². The molecule has 0 aliphatic carbocycles. The fraction of sp³-hybridized carbons (Fsp3) is 0.484. The SMILES string of the molecule is CNc1nc(N)nc2c1nc(C)n2C1OC(COP(=O)(NC(C)C(=O)OCC(C)(C)C)Oc2cccc3ccccc23)C(O)C1(C)O. The number of benzene rings is 2. The van der Waals surface area contributed by atoms with Crippen LogP contribution >= 0.6 is 7.75 Å². The van der Waals surface area contributed by atoms with E-state index in [0.29, 0.717) is 22.5 Å². The van der Waals surface area contributed by atoms with E-state index in [1.165, 1.54) is 18.4 Å². The molecule has 16 heteroatoms. The Morgan fingerprint density at radius 2 is 1.89 bits per heavy atom. The predicted molar refractivity (Wildman–Crippen MR) is 176 cm³/mol. The lowest BCUT2D eigenvalue weighted by Crippen LogP contribution is -2.44. The first kappa shape index (κ1) is 34.5. The van der Waals surface area contributed by atoms with Crippen LogP contribution in [0, 0.1) is 12.3 Å². The maximum absolute atomic E-state index is 14.4. The molecule has 47 heavy (non-hydrogen) atoms. The minimum Gasteiger partial charge on any atom is -0.464 e. The summed E-state index contributed by atoms with van der Waals surface area (Å²) in [6.45, 7) is 9.95. The molecule has 0 bridgehead atoms. The van der Waals surface area contributed by atoms with E-state index in [1.807, 2.05) is 45.0 Å². The van der Waals surface area contributed by atoms with Crippen LogP contribution in [0.25, 0.3) is 21.9 Å². The number of ether oxygens (including phenoxy) is 2. The average Bonchev–Trinajstić information content (AvgIpc) is 3.44. The molecule has 1 saturated heterocycles. The summed E-state index contributed by atoms with van der Waals surface area (Å²) in [5, 5.41) is 29.9. The van der Waals surface area contributed by atoms with Gasteiger partial charge in [0.2, 0.25) is 5.95 Å². The molecule has 0 radical (unpaired) electrons. The number of aliphatic hydroxyl groups is 2. The van der Waals surface area contributed by atoms with Crippen molar-refractivity contribution in [1.82, 2.24) is 24.6 Å². The van der Waals surface area contributed by atoms with Gasteiger partial charge < -0.3 is 35.3 Å². The Morgan fingerprint density at radius 3 is 2.60 bits per heavy atom. The highest BCUT2D eigenvalue weighted by Gasteiger charge is 2.54. The van der Waals surface area contributed by atoms with Crippen LogP contribution in [0.2, 0.25) is 0 Å². The van der Waals surface area contributed by atoms with Crippen molar-refractivity contribution in [1.29, 1.82) is 0 Å². The smallest absolute Gasteiger partial charge is 0.459 e. The molecule has 1 aliphatic heterocycles. The quantitative estimate of drug-likeness (QED) is 0.114.